The predicted molar refractivity (Wildman–Crippen MR) is 130 cm³/mol. The van der Waals surface area contributed by atoms with Gasteiger partial charge in [-0.1, -0.05) is 6.07 Å². The molecule has 5 rings (SSSR count). The summed E-state index contributed by atoms with van der Waals surface area (Å²) in [6, 6.07) is 8.81. The number of benzene rings is 2. The molecule has 0 spiro atoms. The molecule has 0 saturated heterocycles. The average Bonchev–Trinajstić information content (AvgIpc) is 3.37. The Morgan fingerprint density at radius 2 is 1.72 bits per heavy atom. The lowest BCUT2D eigenvalue weighted by Gasteiger charge is -2.13. The molecule has 1 aliphatic rings. The lowest BCUT2D eigenvalue weighted by Crippen LogP contribution is -2.17. The fourth-order valence-corrected chi connectivity index (χ4v) is 5.49. The van der Waals surface area contributed by atoms with Crippen molar-refractivity contribution in [3.05, 3.63) is 95.2 Å². The van der Waals surface area contributed by atoms with E-state index in [1.807, 2.05) is 0 Å². The molecule has 200 valence electrons. The van der Waals surface area contributed by atoms with E-state index < -0.39 is 44.9 Å². The summed E-state index contributed by atoms with van der Waals surface area (Å²) in [6.45, 7) is 0. The first-order valence-electron chi connectivity index (χ1n) is 11.4. The summed E-state index contributed by atoms with van der Waals surface area (Å²) in [6.07, 6.45) is -0.221. The van der Waals surface area contributed by atoms with Gasteiger partial charge in [0, 0.05) is 41.9 Å². The minimum Gasteiger partial charge on any atom is -0.406 e. The molecule has 0 amide bonds. The van der Waals surface area contributed by atoms with Crippen molar-refractivity contribution in [1.82, 2.24) is 15.0 Å². The number of ether oxygens (including phenoxy) is 1. The summed E-state index contributed by atoms with van der Waals surface area (Å²) in [4.78, 5) is 16.7. The van der Waals surface area contributed by atoms with Crippen molar-refractivity contribution in [1.29, 1.82) is 0 Å². The van der Waals surface area contributed by atoms with E-state index in [1.165, 1.54) is 12.5 Å². The van der Waals surface area contributed by atoms with E-state index in [1.54, 1.807) is 18.3 Å². The quantitative estimate of drug-likeness (QED) is 0.276. The maximum atomic E-state index is 15.5. The second kappa shape index (κ2) is 10.1. The van der Waals surface area contributed by atoms with Crippen LogP contribution in [-0.2, 0) is 28.4 Å². The number of hydrogen-bond acceptors (Lipinski definition) is 7. The van der Waals surface area contributed by atoms with Crippen molar-refractivity contribution in [2.75, 3.05) is 0 Å². The highest BCUT2D eigenvalue weighted by molar-refractivity contribution is 7.90. The number of halogens is 5. The van der Waals surface area contributed by atoms with Crippen LogP contribution in [0.25, 0.3) is 11.3 Å². The molecule has 0 unspecified atom stereocenters. The first-order chi connectivity index (χ1) is 18.5. The van der Waals surface area contributed by atoms with Crippen molar-refractivity contribution in [3.8, 4) is 17.0 Å². The van der Waals surface area contributed by atoms with Gasteiger partial charge in [0.1, 0.15) is 35.1 Å². The van der Waals surface area contributed by atoms with Crippen LogP contribution in [0.1, 0.15) is 22.5 Å². The van der Waals surface area contributed by atoms with Crippen molar-refractivity contribution in [2.45, 2.75) is 29.9 Å². The van der Waals surface area contributed by atoms with Gasteiger partial charge >= 0.3 is 6.36 Å². The third kappa shape index (κ3) is 5.62. The topological polar surface area (TPSA) is 94.4 Å². The van der Waals surface area contributed by atoms with E-state index in [0.29, 0.717) is 34.8 Å². The molecule has 1 aliphatic heterocycles. The van der Waals surface area contributed by atoms with Gasteiger partial charge in [-0.2, -0.15) is 0 Å². The molecule has 13 heteroatoms. The molecule has 0 saturated carbocycles. The molecule has 0 N–H and O–H groups in total. The summed E-state index contributed by atoms with van der Waals surface area (Å²) in [5, 5.41) is 0. The molecule has 2 aromatic heterocycles. The Morgan fingerprint density at radius 1 is 0.949 bits per heavy atom. The van der Waals surface area contributed by atoms with E-state index in [0.717, 1.165) is 36.4 Å². The second-order valence-electron chi connectivity index (χ2n) is 8.49. The number of aliphatic imine (C=N–C) groups is 1. The largest absolute Gasteiger partial charge is 0.573 e. The van der Waals surface area contributed by atoms with Gasteiger partial charge < -0.3 is 4.74 Å². The van der Waals surface area contributed by atoms with Crippen LogP contribution in [0.15, 0.2) is 70.9 Å². The number of pyridine rings is 1. The minimum atomic E-state index is -4.94. The first-order valence-corrected chi connectivity index (χ1v) is 13.0. The van der Waals surface area contributed by atoms with Crippen LogP contribution in [0.2, 0.25) is 0 Å². The van der Waals surface area contributed by atoms with E-state index in [-0.39, 0.29) is 16.9 Å². The summed E-state index contributed by atoms with van der Waals surface area (Å²) in [5.41, 5.74) is 1.77. The molecule has 0 fully saturated rings. The molecule has 7 nitrogen and oxygen atoms in total. The Hall–Kier alpha value is -4.26. The predicted octanol–water partition coefficient (Wildman–Crippen LogP) is 5.54. The third-order valence-corrected chi connectivity index (χ3v) is 7.60. The lowest BCUT2D eigenvalue weighted by atomic mass is 9.99. The molecule has 39 heavy (non-hydrogen) atoms. The van der Waals surface area contributed by atoms with Crippen LogP contribution in [0.5, 0.6) is 5.75 Å². The van der Waals surface area contributed by atoms with E-state index >= 15 is 4.39 Å². The van der Waals surface area contributed by atoms with E-state index in [9.17, 15) is 26.0 Å². The number of fused-ring (bicyclic) bond motifs is 1. The van der Waals surface area contributed by atoms with Gasteiger partial charge in [-0.25, -0.2) is 27.2 Å². The molecule has 0 aliphatic carbocycles. The Balaban J connectivity index is 1.45. The zero-order valence-corrected chi connectivity index (χ0v) is 20.6. The Kier molecular flexibility index (Phi) is 6.85. The number of rotatable bonds is 7. The van der Waals surface area contributed by atoms with Crippen LogP contribution in [0.4, 0.5) is 27.6 Å². The van der Waals surface area contributed by atoms with E-state index in [4.69, 9.17) is 0 Å². The zero-order valence-electron chi connectivity index (χ0n) is 19.8. The third-order valence-electron chi connectivity index (χ3n) is 5.92. The molecule has 0 radical (unpaired) electrons. The highest BCUT2D eigenvalue weighted by Crippen LogP contribution is 2.35. The van der Waals surface area contributed by atoms with Gasteiger partial charge in [0.2, 0.25) is 0 Å². The fourth-order valence-electron chi connectivity index (χ4n) is 4.14. The average molecular weight is 561 g/mol. The fraction of sp³-hybridized carbons (Fsp3) is 0.154. The van der Waals surface area contributed by atoms with Crippen LogP contribution in [0, 0.1) is 11.6 Å². The van der Waals surface area contributed by atoms with Gasteiger partial charge in [-0.3, -0.25) is 9.98 Å². The first kappa shape index (κ1) is 26.4. The van der Waals surface area contributed by atoms with Gasteiger partial charge in [-0.05, 0) is 42.5 Å². The number of aromatic nitrogens is 3. The maximum Gasteiger partial charge on any atom is 0.573 e. The number of alkyl halides is 3. The minimum absolute atomic E-state index is 0.290. The van der Waals surface area contributed by atoms with E-state index in [2.05, 4.69) is 24.7 Å². The maximum absolute atomic E-state index is 15.5. The number of nitrogens with zero attached hydrogens (tertiary/aromatic N) is 4. The molecular weight excluding hydrogens is 543 g/mol. The van der Waals surface area contributed by atoms with Crippen molar-refractivity contribution >= 4 is 21.7 Å². The van der Waals surface area contributed by atoms with Crippen LogP contribution >= 0.6 is 0 Å². The van der Waals surface area contributed by atoms with Crippen LogP contribution in [-0.4, -0.2) is 35.9 Å². The van der Waals surface area contributed by atoms with Crippen molar-refractivity contribution in [2.24, 2.45) is 4.99 Å². The van der Waals surface area contributed by atoms with Crippen LogP contribution < -0.4 is 4.74 Å². The van der Waals surface area contributed by atoms with Crippen LogP contribution in [0.3, 0.4) is 0 Å². The van der Waals surface area contributed by atoms with Gasteiger partial charge in [0.05, 0.1) is 22.0 Å². The molecule has 4 aromatic rings. The standard InChI is InChI=1S/C26H17F5N4O3S/c27-20-8-3-15(13-39(36,37)17-6-4-16(5-7-17)38-26(29,30)31)23(28)19(20)12-22-18(2-1-10-32-22)24-25-21(9-11-33-25)34-14-35-24/h1-8,10-11,14H,9,12-13H2. The highest BCUT2D eigenvalue weighted by Gasteiger charge is 2.31. The normalized spacial score (nSPS) is 12.9. The van der Waals surface area contributed by atoms with Gasteiger partial charge in [0.25, 0.3) is 0 Å². The monoisotopic (exact) mass is 560 g/mol. The number of sulfone groups is 1. The summed E-state index contributed by atoms with van der Waals surface area (Å²) < 4.78 is 97.0. The smallest absolute Gasteiger partial charge is 0.406 e. The van der Waals surface area contributed by atoms with Gasteiger partial charge in [0.15, 0.2) is 9.84 Å². The lowest BCUT2D eigenvalue weighted by molar-refractivity contribution is -0.274. The molecule has 0 atom stereocenters. The SMILES string of the molecule is O=S(=O)(Cc1ccc(F)c(Cc2ncccc2-c2ncnc3c2N=CC3)c1F)c1ccc(OC(F)(F)F)cc1. The van der Waals surface area contributed by atoms with Crippen molar-refractivity contribution < 1.29 is 35.1 Å². The molecule has 2 aromatic carbocycles. The highest BCUT2D eigenvalue weighted by atomic mass is 32.2. The Bertz CT molecular complexity index is 1690. The molecular formula is C26H17F5N4O3S. The summed E-state index contributed by atoms with van der Waals surface area (Å²) in [5.74, 6) is -3.43. The Morgan fingerprint density at radius 3 is 2.46 bits per heavy atom. The zero-order chi connectivity index (χ0) is 27.8. The summed E-state index contributed by atoms with van der Waals surface area (Å²) >= 11 is 0. The summed E-state index contributed by atoms with van der Waals surface area (Å²) in [7, 11) is -4.20. The molecule has 3 heterocycles. The molecule has 0 bridgehead atoms. The number of hydrogen-bond donors (Lipinski definition) is 0. The van der Waals surface area contributed by atoms with Crippen molar-refractivity contribution in [3.63, 3.8) is 0 Å². The Labute approximate surface area is 219 Å². The van der Waals surface area contributed by atoms with Gasteiger partial charge in [-0.15, -0.1) is 13.2 Å². The second-order valence-corrected chi connectivity index (χ2v) is 10.5.